The van der Waals surface area contributed by atoms with Crippen LogP contribution in [0.1, 0.15) is 37.0 Å². The highest BCUT2D eigenvalue weighted by Gasteiger charge is 2.13. The summed E-state index contributed by atoms with van der Waals surface area (Å²) in [6, 6.07) is 4.05. The molecule has 0 N–H and O–H groups in total. The maximum Gasteiger partial charge on any atom is 0.126 e. The first-order valence-corrected chi connectivity index (χ1v) is 7.24. The Labute approximate surface area is 95.0 Å². The molecular weight excluding hydrogens is 212 g/mol. The van der Waals surface area contributed by atoms with Crippen LogP contribution in [-0.4, -0.2) is 11.5 Å². The quantitative estimate of drug-likeness (QED) is 0.637. The molecule has 0 fully saturated rings. The Kier molecular flexibility index (Phi) is 6.28. The Morgan fingerprint density at radius 3 is 2.29 bits per heavy atom. The lowest BCUT2D eigenvalue weighted by Gasteiger charge is -2.12. The van der Waals surface area contributed by atoms with Gasteiger partial charge in [-0.25, -0.2) is 0 Å². The summed E-state index contributed by atoms with van der Waals surface area (Å²) in [4.78, 5) is 0. The minimum absolute atomic E-state index is 0.491. The molecule has 0 saturated heterocycles. The fourth-order valence-electron chi connectivity index (χ4n) is 1.09. The van der Waals surface area contributed by atoms with Crippen LogP contribution in [0, 0.1) is 0 Å². The molecule has 1 aromatic rings. The number of thioether (sulfide) groups is 2. The van der Waals surface area contributed by atoms with E-state index in [0.717, 1.165) is 5.76 Å². The zero-order chi connectivity index (χ0) is 10.2. The Morgan fingerprint density at radius 2 is 1.86 bits per heavy atom. The maximum absolute atomic E-state index is 5.45. The van der Waals surface area contributed by atoms with E-state index in [1.165, 1.54) is 24.3 Å². The molecule has 1 rings (SSSR count). The van der Waals surface area contributed by atoms with Gasteiger partial charge in [0.1, 0.15) is 10.3 Å². The van der Waals surface area contributed by atoms with E-state index in [9.17, 15) is 0 Å². The third-order valence-electron chi connectivity index (χ3n) is 1.72. The summed E-state index contributed by atoms with van der Waals surface area (Å²) in [6.45, 7) is 4.44. The average molecular weight is 230 g/mol. The molecule has 0 spiro atoms. The largest absolute Gasteiger partial charge is 0.467 e. The van der Waals surface area contributed by atoms with Crippen molar-refractivity contribution >= 4 is 23.5 Å². The van der Waals surface area contributed by atoms with Crippen molar-refractivity contribution in [1.82, 2.24) is 0 Å². The van der Waals surface area contributed by atoms with E-state index in [-0.39, 0.29) is 0 Å². The van der Waals surface area contributed by atoms with Gasteiger partial charge >= 0.3 is 0 Å². The van der Waals surface area contributed by atoms with Gasteiger partial charge in [0.05, 0.1) is 6.26 Å². The first-order chi connectivity index (χ1) is 6.88. The first kappa shape index (κ1) is 12.1. The molecule has 1 heterocycles. The monoisotopic (exact) mass is 230 g/mol. The van der Waals surface area contributed by atoms with E-state index in [1.807, 2.05) is 29.6 Å². The molecular formula is C11H18OS2. The van der Waals surface area contributed by atoms with Crippen LogP contribution in [-0.2, 0) is 0 Å². The van der Waals surface area contributed by atoms with Gasteiger partial charge in [0.15, 0.2) is 0 Å². The third kappa shape index (κ3) is 4.01. The van der Waals surface area contributed by atoms with Gasteiger partial charge in [-0.15, -0.1) is 23.5 Å². The second-order valence-electron chi connectivity index (χ2n) is 3.09. The molecule has 80 valence electrons. The Morgan fingerprint density at radius 1 is 1.21 bits per heavy atom. The zero-order valence-electron chi connectivity index (χ0n) is 8.86. The molecule has 0 saturated carbocycles. The van der Waals surface area contributed by atoms with E-state index in [1.54, 1.807) is 6.26 Å². The summed E-state index contributed by atoms with van der Waals surface area (Å²) in [5, 5.41) is 0. The van der Waals surface area contributed by atoms with Crippen molar-refractivity contribution in [1.29, 1.82) is 0 Å². The fraction of sp³-hybridized carbons (Fsp3) is 0.636. The summed E-state index contributed by atoms with van der Waals surface area (Å²) >= 11 is 3.98. The van der Waals surface area contributed by atoms with E-state index >= 15 is 0 Å². The van der Waals surface area contributed by atoms with Crippen LogP contribution in [0.25, 0.3) is 0 Å². The molecule has 0 radical (unpaired) electrons. The van der Waals surface area contributed by atoms with Crippen molar-refractivity contribution in [2.75, 3.05) is 11.5 Å². The first-order valence-electron chi connectivity index (χ1n) is 5.15. The van der Waals surface area contributed by atoms with Crippen LogP contribution in [0.15, 0.2) is 22.8 Å². The summed E-state index contributed by atoms with van der Waals surface area (Å²) < 4.78 is 5.94. The van der Waals surface area contributed by atoms with Crippen LogP contribution in [0.3, 0.4) is 0 Å². The highest BCUT2D eigenvalue weighted by molar-refractivity contribution is 8.16. The lowest BCUT2D eigenvalue weighted by atomic mass is 10.5. The Hall–Kier alpha value is -0.0200. The Bertz CT molecular complexity index is 213. The van der Waals surface area contributed by atoms with Crippen LogP contribution < -0.4 is 0 Å². The van der Waals surface area contributed by atoms with E-state index in [2.05, 4.69) is 19.9 Å². The van der Waals surface area contributed by atoms with E-state index < -0.39 is 0 Å². The molecule has 0 aliphatic rings. The molecule has 1 aromatic heterocycles. The minimum atomic E-state index is 0.491. The minimum Gasteiger partial charge on any atom is -0.467 e. The third-order valence-corrected chi connectivity index (χ3v) is 4.90. The highest BCUT2D eigenvalue weighted by atomic mass is 32.2. The number of hydrogen-bond donors (Lipinski definition) is 0. The number of rotatable bonds is 7. The fourth-order valence-corrected chi connectivity index (χ4v) is 3.55. The molecule has 0 aromatic carbocycles. The predicted octanol–water partition coefficient (Wildman–Crippen LogP) is 4.56. The van der Waals surface area contributed by atoms with Gasteiger partial charge in [-0.05, 0) is 36.5 Å². The van der Waals surface area contributed by atoms with Crippen molar-refractivity contribution in [3.8, 4) is 0 Å². The molecule has 0 unspecified atom stereocenters. The average Bonchev–Trinajstić information content (AvgIpc) is 2.71. The standard InChI is InChI=1S/C11H18OS2/c1-3-8-13-11(14-9-4-2)10-6-5-7-12-10/h5-7,11H,3-4,8-9H2,1-2H3. The van der Waals surface area contributed by atoms with Crippen LogP contribution >= 0.6 is 23.5 Å². The number of furan rings is 1. The zero-order valence-corrected chi connectivity index (χ0v) is 10.5. The summed E-state index contributed by atoms with van der Waals surface area (Å²) in [5.41, 5.74) is 0. The second kappa shape index (κ2) is 7.30. The van der Waals surface area contributed by atoms with Crippen molar-refractivity contribution in [3.05, 3.63) is 24.2 Å². The molecule has 0 aliphatic carbocycles. The number of hydrogen-bond acceptors (Lipinski definition) is 3. The molecule has 14 heavy (non-hydrogen) atoms. The van der Waals surface area contributed by atoms with Gasteiger partial charge in [-0.1, -0.05) is 13.8 Å². The van der Waals surface area contributed by atoms with Crippen molar-refractivity contribution < 1.29 is 4.42 Å². The molecule has 0 bridgehead atoms. The summed E-state index contributed by atoms with van der Waals surface area (Å²) in [5.74, 6) is 3.53. The SMILES string of the molecule is CCCSC(SCCC)c1ccco1. The van der Waals surface area contributed by atoms with Gasteiger partial charge < -0.3 is 4.42 Å². The van der Waals surface area contributed by atoms with Gasteiger partial charge in [-0.2, -0.15) is 0 Å². The van der Waals surface area contributed by atoms with Crippen LogP contribution in [0.2, 0.25) is 0 Å². The smallest absolute Gasteiger partial charge is 0.126 e. The van der Waals surface area contributed by atoms with Crippen molar-refractivity contribution in [2.24, 2.45) is 0 Å². The van der Waals surface area contributed by atoms with E-state index in [4.69, 9.17) is 4.42 Å². The molecule has 0 atom stereocenters. The molecule has 0 aliphatic heterocycles. The topological polar surface area (TPSA) is 13.1 Å². The highest BCUT2D eigenvalue weighted by Crippen LogP contribution is 2.40. The normalized spacial score (nSPS) is 11.1. The Balaban J connectivity index is 2.44. The van der Waals surface area contributed by atoms with Gasteiger partial charge in [0, 0.05) is 0 Å². The maximum atomic E-state index is 5.45. The van der Waals surface area contributed by atoms with Crippen molar-refractivity contribution in [3.63, 3.8) is 0 Å². The lowest BCUT2D eigenvalue weighted by Crippen LogP contribution is -1.90. The van der Waals surface area contributed by atoms with Gasteiger partial charge in [0.2, 0.25) is 0 Å². The molecule has 0 amide bonds. The summed E-state index contributed by atoms with van der Waals surface area (Å²) in [7, 11) is 0. The van der Waals surface area contributed by atoms with Gasteiger partial charge in [-0.3, -0.25) is 0 Å². The second-order valence-corrected chi connectivity index (χ2v) is 5.81. The molecule has 1 nitrogen and oxygen atoms in total. The van der Waals surface area contributed by atoms with Crippen LogP contribution in [0.5, 0.6) is 0 Å². The van der Waals surface area contributed by atoms with E-state index in [0.29, 0.717) is 4.58 Å². The summed E-state index contributed by atoms with van der Waals surface area (Å²) in [6.07, 6.45) is 4.23. The predicted molar refractivity (Wildman–Crippen MR) is 66.9 cm³/mol. The molecule has 3 heteroatoms. The van der Waals surface area contributed by atoms with Crippen molar-refractivity contribution in [2.45, 2.75) is 31.3 Å². The van der Waals surface area contributed by atoms with Crippen LogP contribution in [0.4, 0.5) is 0 Å². The van der Waals surface area contributed by atoms with Gasteiger partial charge in [0.25, 0.3) is 0 Å². The lowest BCUT2D eigenvalue weighted by molar-refractivity contribution is 0.528.